The van der Waals surface area contributed by atoms with E-state index < -0.39 is 0 Å². The normalized spacial score (nSPS) is 12.1. The van der Waals surface area contributed by atoms with E-state index in [1.54, 1.807) is 12.1 Å². The number of anilines is 1. The highest BCUT2D eigenvalue weighted by Gasteiger charge is 2.11. The van der Waals surface area contributed by atoms with Gasteiger partial charge >= 0.3 is 0 Å². The van der Waals surface area contributed by atoms with E-state index in [1.165, 1.54) is 13.2 Å². The summed E-state index contributed by atoms with van der Waals surface area (Å²) in [6, 6.07) is 8.63. The van der Waals surface area contributed by atoms with E-state index in [0.717, 1.165) is 5.56 Å². The number of ether oxygens (including phenoxy) is 1. The van der Waals surface area contributed by atoms with E-state index >= 15 is 0 Å². The van der Waals surface area contributed by atoms with Crippen molar-refractivity contribution >= 4 is 11.6 Å². The topological polar surface area (TPSA) is 113 Å². The van der Waals surface area contributed by atoms with Crippen molar-refractivity contribution < 1.29 is 9.53 Å². The summed E-state index contributed by atoms with van der Waals surface area (Å²) >= 11 is 0. The summed E-state index contributed by atoms with van der Waals surface area (Å²) in [4.78, 5) is 22.9. The lowest BCUT2D eigenvalue weighted by molar-refractivity contribution is -0.118. The highest BCUT2D eigenvalue weighted by Crippen LogP contribution is 2.18. The lowest BCUT2D eigenvalue weighted by Gasteiger charge is -2.12. The molecule has 0 aliphatic heterocycles. The number of carbonyl (C=O) groups is 1. The number of methoxy groups -OCH3 is 1. The van der Waals surface area contributed by atoms with Crippen LogP contribution in [0.3, 0.4) is 0 Å². The molecule has 112 valence electrons. The van der Waals surface area contributed by atoms with Crippen molar-refractivity contribution in [3.8, 4) is 11.3 Å². The number of rotatable bonds is 6. The van der Waals surface area contributed by atoms with Gasteiger partial charge in [-0.3, -0.25) is 19.8 Å². The fourth-order valence-electron chi connectivity index (χ4n) is 1.90. The number of H-pyrrole nitrogens is 2. The molecule has 0 saturated carbocycles. The SMILES string of the molecule is COC(CN)CC(=O)Nc1ccc(-c2cc(=O)[nH][nH]2)cc1. The molecule has 1 atom stereocenters. The van der Waals surface area contributed by atoms with Gasteiger partial charge in [-0.1, -0.05) is 12.1 Å². The van der Waals surface area contributed by atoms with E-state index in [-0.39, 0.29) is 24.0 Å². The van der Waals surface area contributed by atoms with Crippen molar-refractivity contribution in [1.82, 2.24) is 10.2 Å². The summed E-state index contributed by atoms with van der Waals surface area (Å²) in [6.07, 6.45) is -0.0749. The Hall–Kier alpha value is -2.38. The molecule has 7 nitrogen and oxygen atoms in total. The first-order valence-electron chi connectivity index (χ1n) is 6.53. The van der Waals surface area contributed by atoms with Crippen LogP contribution in [0, 0.1) is 0 Å². The number of carbonyl (C=O) groups excluding carboxylic acids is 1. The van der Waals surface area contributed by atoms with Crippen LogP contribution in [0.4, 0.5) is 5.69 Å². The van der Waals surface area contributed by atoms with Gasteiger partial charge in [0.05, 0.1) is 18.2 Å². The van der Waals surface area contributed by atoms with Crippen molar-refractivity contribution in [2.24, 2.45) is 5.73 Å². The Morgan fingerprint density at radius 3 is 2.57 bits per heavy atom. The summed E-state index contributed by atoms with van der Waals surface area (Å²) in [6.45, 7) is 0.295. The van der Waals surface area contributed by atoms with Gasteiger partial charge in [-0.25, -0.2) is 0 Å². The molecule has 21 heavy (non-hydrogen) atoms. The van der Waals surface area contributed by atoms with Crippen LogP contribution in [0.1, 0.15) is 6.42 Å². The summed E-state index contributed by atoms with van der Waals surface area (Å²) in [5.41, 5.74) is 7.51. The van der Waals surface area contributed by atoms with Gasteiger partial charge in [0.1, 0.15) is 0 Å². The van der Waals surface area contributed by atoms with E-state index in [9.17, 15) is 9.59 Å². The summed E-state index contributed by atoms with van der Waals surface area (Å²) in [7, 11) is 1.53. The molecule has 2 rings (SSSR count). The molecule has 0 saturated heterocycles. The second-order valence-electron chi connectivity index (χ2n) is 4.60. The van der Waals surface area contributed by atoms with Gasteiger partial charge in [0.2, 0.25) is 5.91 Å². The summed E-state index contributed by atoms with van der Waals surface area (Å²) < 4.78 is 5.06. The first-order chi connectivity index (χ1) is 10.1. The molecule has 2 aromatic rings. The number of hydrogen-bond acceptors (Lipinski definition) is 4. The van der Waals surface area contributed by atoms with Crippen molar-refractivity contribution in [3.05, 3.63) is 40.7 Å². The second kappa shape index (κ2) is 6.87. The predicted octanol–water partition coefficient (Wildman–Crippen LogP) is 0.672. The molecule has 1 amide bonds. The standard InChI is InChI=1S/C14H18N4O3/c1-21-11(8-15)6-13(19)16-10-4-2-9(3-5-10)12-7-14(20)18-17-12/h2-5,7,11H,6,8,15H2,1H3,(H,16,19)(H2,17,18,20). The lowest BCUT2D eigenvalue weighted by atomic mass is 10.1. The Morgan fingerprint density at radius 2 is 2.05 bits per heavy atom. The number of nitrogens with two attached hydrogens (primary N) is 1. The summed E-state index contributed by atoms with van der Waals surface area (Å²) in [5.74, 6) is -0.157. The van der Waals surface area contributed by atoms with Crippen LogP contribution >= 0.6 is 0 Å². The third-order valence-corrected chi connectivity index (χ3v) is 3.08. The molecule has 0 spiro atoms. The van der Waals surface area contributed by atoms with Crippen molar-refractivity contribution in [2.75, 3.05) is 19.0 Å². The molecular weight excluding hydrogens is 272 g/mol. The fourth-order valence-corrected chi connectivity index (χ4v) is 1.90. The largest absolute Gasteiger partial charge is 0.380 e. The lowest BCUT2D eigenvalue weighted by Crippen LogP contribution is -2.28. The van der Waals surface area contributed by atoms with Crippen molar-refractivity contribution in [3.63, 3.8) is 0 Å². The van der Waals surface area contributed by atoms with Crippen molar-refractivity contribution in [1.29, 1.82) is 0 Å². The Bertz CT molecular complexity index is 641. The highest BCUT2D eigenvalue weighted by atomic mass is 16.5. The van der Waals surface area contributed by atoms with Gasteiger partial charge in [0, 0.05) is 25.4 Å². The van der Waals surface area contributed by atoms with Crippen LogP contribution in [-0.4, -0.2) is 35.9 Å². The zero-order chi connectivity index (χ0) is 15.2. The van der Waals surface area contributed by atoms with Gasteiger partial charge < -0.3 is 15.8 Å². The molecular formula is C14H18N4O3. The van der Waals surface area contributed by atoms with E-state index in [2.05, 4.69) is 15.5 Å². The summed E-state index contributed by atoms with van der Waals surface area (Å²) in [5, 5.41) is 8.01. The van der Waals surface area contributed by atoms with Gasteiger partial charge in [-0.15, -0.1) is 0 Å². The van der Waals surface area contributed by atoms with E-state index in [1.807, 2.05) is 12.1 Å². The smallest absolute Gasteiger partial charge is 0.264 e. The Morgan fingerprint density at radius 1 is 1.33 bits per heavy atom. The minimum Gasteiger partial charge on any atom is -0.380 e. The molecule has 1 aromatic heterocycles. The number of aromatic amines is 2. The minimum absolute atomic E-state index is 0.157. The van der Waals surface area contributed by atoms with Crippen LogP contribution in [0.15, 0.2) is 35.1 Å². The van der Waals surface area contributed by atoms with E-state index in [4.69, 9.17) is 10.5 Å². The van der Waals surface area contributed by atoms with Gasteiger partial charge in [0.25, 0.3) is 5.56 Å². The number of hydrogen-bond donors (Lipinski definition) is 4. The predicted molar refractivity (Wildman–Crippen MR) is 79.9 cm³/mol. The molecule has 0 radical (unpaired) electrons. The van der Waals surface area contributed by atoms with Crippen LogP contribution in [0.2, 0.25) is 0 Å². The monoisotopic (exact) mass is 290 g/mol. The molecule has 0 aliphatic carbocycles. The molecule has 7 heteroatoms. The highest BCUT2D eigenvalue weighted by molar-refractivity contribution is 5.91. The molecule has 1 unspecified atom stereocenters. The third-order valence-electron chi connectivity index (χ3n) is 3.08. The molecule has 1 aromatic carbocycles. The molecule has 0 aliphatic rings. The molecule has 0 bridgehead atoms. The molecule has 1 heterocycles. The zero-order valence-electron chi connectivity index (χ0n) is 11.7. The third kappa shape index (κ3) is 4.04. The average Bonchev–Trinajstić information content (AvgIpc) is 2.92. The first-order valence-corrected chi connectivity index (χ1v) is 6.53. The van der Waals surface area contributed by atoms with Crippen molar-refractivity contribution in [2.45, 2.75) is 12.5 Å². The molecule has 5 N–H and O–H groups in total. The average molecular weight is 290 g/mol. The maximum atomic E-state index is 11.8. The minimum atomic E-state index is -0.283. The number of benzene rings is 1. The van der Waals surface area contributed by atoms with E-state index in [0.29, 0.717) is 17.9 Å². The zero-order valence-corrected chi connectivity index (χ0v) is 11.7. The van der Waals surface area contributed by atoms with Crippen LogP contribution in [0.25, 0.3) is 11.3 Å². The van der Waals surface area contributed by atoms with Crippen LogP contribution in [-0.2, 0) is 9.53 Å². The van der Waals surface area contributed by atoms with Crippen LogP contribution < -0.4 is 16.6 Å². The number of amides is 1. The Kier molecular flexibility index (Phi) is 4.91. The van der Waals surface area contributed by atoms with Gasteiger partial charge in [-0.05, 0) is 17.7 Å². The molecule has 0 fully saturated rings. The van der Waals surface area contributed by atoms with Gasteiger partial charge in [0.15, 0.2) is 0 Å². The Labute approximate surface area is 121 Å². The number of nitrogens with one attached hydrogen (secondary N) is 3. The first kappa shape index (κ1) is 15.0. The van der Waals surface area contributed by atoms with Gasteiger partial charge in [-0.2, -0.15) is 0 Å². The maximum absolute atomic E-state index is 11.8. The Balaban J connectivity index is 1.99. The maximum Gasteiger partial charge on any atom is 0.264 e. The second-order valence-corrected chi connectivity index (χ2v) is 4.60. The van der Waals surface area contributed by atoms with Crippen LogP contribution in [0.5, 0.6) is 0 Å². The fraction of sp³-hybridized carbons (Fsp3) is 0.286. The quantitative estimate of drug-likeness (QED) is 0.626. The number of aromatic nitrogens is 2.